The maximum atomic E-state index is 12.5. The van der Waals surface area contributed by atoms with Crippen LogP contribution in [-0.4, -0.2) is 37.0 Å². The zero-order valence-electron chi connectivity index (χ0n) is 17.0. The van der Waals surface area contributed by atoms with Gasteiger partial charge < -0.3 is 10.1 Å². The molecule has 1 amide bonds. The van der Waals surface area contributed by atoms with Crippen LogP contribution in [0.15, 0.2) is 36.4 Å². The molecule has 1 fully saturated rings. The van der Waals surface area contributed by atoms with Crippen LogP contribution in [0.1, 0.15) is 29.5 Å². The van der Waals surface area contributed by atoms with Crippen LogP contribution >= 0.6 is 23.2 Å². The molecule has 2 aromatic rings. The second kappa shape index (κ2) is 10.3. The minimum absolute atomic E-state index is 0.0576. The molecular weight excluding hydrogens is 407 g/mol. The van der Waals surface area contributed by atoms with E-state index in [-0.39, 0.29) is 11.8 Å². The molecule has 6 heteroatoms. The molecule has 0 saturated carbocycles. The van der Waals surface area contributed by atoms with Crippen molar-refractivity contribution in [3.63, 3.8) is 0 Å². The Morgan fingerprint density at radius 2 is 1.93 bits per heavy atom. The highest BCUT2D eigenvalue weighted by atomic mass is 35.5. The predicted octanol–water partition coefficient (Wildman–Crippen LogP) is 5.02. The zero-order valence-corrected chi connectivity index (χ0v) is 18.5. The summed E-state index contributed by atoms with van der Waals surface area (Å²) < 4.78 is 5.79. The van der Waals surface area contributed by atoms with Gasteiger partial charge in [-0.2, -0.15) is 0 Å². The van der Waals surface area contributed by atoms with E-state index < -0.39 is 0 Å². The van der Waals surface area contributed by atoms with E-state index in [9.17, 15) is 4.79 Å². The van der Waals surface area contributed by atoms with Crippen molar-refractivity contribution in [3.05, 3.63) is 63.1 Å². The van der Waals surface area contributed by atoms with Crippen molar-refractivity contribution in [1.82, 2.24) is 10.2 Å². The van der Waals surface area contributed by atoms with Crippen LogP contribution in [-0.2, 0) is 11.3 Å². The number of benzene rings is 2. The number of piperidine rings is 1. The summed E-state index contributed by atoms with van der Waals surface area (Å²) >= 11 is 12.4. The summed E-state index contributed by atoms with van der Waals surface area (Å²) in [6.07, 6.45) is 1.70. The molecule has 1 heterocycles. The Morgan fingerprint density at radius 1 is 1.17 bits per heavy atom. The maximum Gasteiger partial charge on any atom is 0.223 e. The molecule has 0 bridgehead atoms. The second-order valence-electron chi connectivity index (χ2n) is 7.67. The second-order valence-corrected chi connectivity index (χ2v) is 8.46. The largest absolute Gasteiger partial charge is 0.491 e. The summed E-state index contributed by atoms with van der Waals surface area (Å²) in [5.74, 6) is 1.05. The van der Waals surface area contributed by atoms with E-state index in [1.807, 2.05) is 31.2 Å². The van der Waals surface area contributed by atoms with Gasteiger partial charge in [-0.3, -0.25) is 9.69 Å². The number of rotatable bonds is 7. The molecule has 0 unspecified atom stereocenters. The SMILES string of the molecule is Cc1ccc(OCCNC(=O)C2CCN(Cc3cccc(Cl)c3Cl)CC2)c(C)c1. The van der Waals surface area contributed by atoms with Crippen LogP contribution in [0.5, 0.6) is 5.75 Å². The fraction of sp³-hybridized carbons (Fsp3) is 0.435. The van der Waals surface area contributed by atoms with Gasteiger partial charge >= 0.3 is 0 Å². The van der Waals surface area contributed by atoms with Crippen molar-refractivity contribution in [1.29, 1.82) is 0 Å². The first-order valence-corrected chi connectivity index (χ1v) is 10.8. The zero-order chi connectivity index (χ0) is 20.8. The van der Waals surface area contributed by atoms with Gasteiger partial charge in [0.25, 0.3) is 0 Å². The number of aryl methyl sites for hydroxylation is 2. The van der Waals surface area contributed by atoms with Gasteiger partial charge in [0.05, 0.1) is 16.6 Å². The molecule has 1 N–H and O–H groups in total. The highest BCUT2D eigenvalue weighted by molar-refractivity contribution is 6.42. The number of nitrogens with one attached hydrogen (secondary N) is 1. The molecule has 29 heavy (non-hydrogen) atoms. The number of ether oxygens (including phenoxy) is 1. The van der Waals surface area contributed by atoms with Crippen LogP contribution in [0.3, 0.4) is 0 Å². The Labute approximate surface area is 183 Å². The highest BCUT2D eigenvalue weighted by Gasteiger charge is 2.25. The number of likely N-dealkylation sites (tertiary alicyclic amines) is 1. The Hall–Kier alpha value is -1.75. The van der Waals surface area contributed by atoms with Gasteiger partial charge in [-0.25, -0.2) is 0 Å². The molecular formula is C23H28Cl2N2O2. The molecule has 2 aromatic carbocycles. The van der Waals surface area contributed by atoms with Crippen LogP contribution in [0.4, 0.5) is 0 Å². The van der Waals surface area contributed by atoms with E-state index in [4.69, 9.17) is 27.9 Å². The van der Waals surface area contributed by atoms with E-state index in [1.54, 1.807) is 6.07 Å². The molecule has 0 aliphatic carbocycles. The Kier molecular flexibility index (Phi) is 7.82. The van der Waals surface area contributed by atoms with Crippen molar-refractivity contribution >= 4 is 29.1 Å². The molecule has 3 rings (SSSR count). The van der Waals surface area contributed by atoms with Gasteiger partial charge in [0.1, 0.15) is 12.4 Å². The van der Waals surface area contributed by atoms with Crippen molar-refractivity contribution in [2.45, 2.75) is 33.2 Å². The van der Waals surface area contributed by atoms with Gasteiger partial charge in [-0.05, 0) is 63.0 Å². The molecule has 0 radical (unpaired) electrons. The average Bonchev–Trinajstić information content (AvgIpc) is 2.70. The Bertz CT molecular complexity index is 849. The van der Waals surface area contributed by atoms with Gasteiger partial charge in [0, 0.05) is 12.5 Å². The normalized spacial score (nSPS) is 15.3. The number of carbonyl (C=O) groups is 1. The number of hydrogen-bond donors (Lipinski definition) is 1. The quantitative estimate of drug-likeness (QED) is 0.622. The molecule has 1 saturated heterocycles. The standard InChI is InChI=1S/C23H28Cl2N2O2/c1-16-6-7-21(17(2)14-16)29-13-10-26-23(28)18-8-11-27(12-9-18)15-19-4-3-5-20(24)22(19)25/h3-7,14,18H,8-13,15H2,1-2H3,(H,26,28). The van der Waals surface area contributed by atoms with Crippen LogP contribution in [0, 0.1) is 19.8 Å². The molecule has 1 aliphatic rings. The van der Waals surface area contributed by atoms with Gasteiger partial charge in [-0.1, -0.05) is 53.0 Å². The van der Waals surface area contributed by atoms with E-state index in [2.05, 4.69) is 23.2 Å². The van der Waals surface area contributed by atoms with Gasteiger partial charge in [0.2, 0.25) is 5.91 Å². The summed E-state index contributed by atoms with van der Waals surface area (Å²) in [5.41, 5.74) is 3.36. The number of nitrogens with zero attached hydrogens (tertiary/aromatic N) is 1. The van der Waals surface area contributed by atoms with E-state index in [1.165, 1.54) is 5.56 Å². The Balaban J connectivity index is 1.38. The van der Waals surface area contributed by atoms with E-state index >= 15 is 0 Å². The van der Waals surface area contributed by atoms with E-state index in [0.29, 0.717) is 23.2 Å². The molecule has 1 aliphatic heterocycles. The lowest BCUT2D eigenvalue weighted by Crippen LogP contribution is -2.41. The predicted molar refractivity (Wildman–Crippen MR) is 119 cm³/mol. The molecule has 0 spiro atoms. The first-order valence-electron chi connectivity index (χ1n) is 10.1. The third-order valence-electron chi connectivity index (χ3n) is 5.37. The minimum Gasteiger partial charge on any atom is -0.491 e. The number of carbonyl (C=O) groups excluding carboxylic acids is 1. The Morgan fingerprint density at radius 3 is 2.66 bits per heavy atom. The monoisotopic (exact) mass is 434 g/mol. The van der Waals surface area contributed by atoms with Gasteiger partial charge in [-0.15, -0.1) is 0 Å². The number of halogens is 2. The molecule has 4 nitrogen and oxygen atoms in total. The third kappa shape index (κ3) is 6.11. The fourth-order valence-electron chi connectivity index (χ4n) is 3.71. The number of amides is 1. The lowest BCUT2D eigenvalue weighted by Gasteiger charge is -2.31. The third-order valence-corrected chi connectivity index (χ3v) is 6.23. The van der Waals surface area contributed by atoms with Crippen molar-refractivity contribution in [2.24, 2.45) is 5.92 Å². The highest BCUT2D eigenvalue weighted by Crippen LogP contribution is 2.28. The first kappa shape index (κ1) is 21.9. The number of hydrogen-bond acceptors (Lipinski definition) is 3. The van der Waals surface area contributed by atoms with Crippen LogP contribution < -0.4 is 10.1 Å². The first-order chi connectivity index (χ1) is 13.9. The minimum atomic E-state index is 0.0576. The molecule has 156 valence electrons. The fourth-order valence-corrected chi connectivity index (χ4v) is 4.09. The lowest BCUT2D eigenvalue weighted by atomic mass is 9.95. The molecule has 0 atom stereocenters. The van der Waals surface area contributed by atoms with Crippen molar-refractivity contribution in [2.75, 3.05) is 26.2 Å². The molecule has 0 aromatic heterocycles. The smallest absolute Gasteiger partial charge is 0.223 e. The average molecular weight is 435 g/mol. The van der Waals surface area contributed by atoms with Crippen molar-refractivity contribution < 1.29 is 9.53 Å². The maximum absolute atomic E-state index is 12.5. The summed E-state index contributed by atoms with van der Waals surface area (Å²) in [6.45, 7) is 7.60. The van der Waals surface area contributed by atoms with Gasteiger partial charge in [0.15, 0.2) is 0 Å². The summed E-state index contributed by atoms with van der Waals surface area (Å²) in [7, 11) is 0. The van der Waals surface area contributed by atoms with E-state index in [0.717, 1.165) is 49.4 Å². The summed E-state index contributed by atoms with van der Waals surface area (Å²) in [5, 5.41) is 4.22. The van der Waals surface area contributed by atoms with Crippen molar-refractivity contribution in [3.8, 4) is 5.75 Å². The van der Waals surface area contributed by atoms with Crippen LogP contribution in [0.2, 0.25) is 10.0 Å². The summed E-state index contributed by atoms with van der Waals surface area (Å²) in [4.78, 5) is 14.8. The summed E-state index contributed by atoms with van der Waals surface area (Å²) in [6, 6.07) is 11.8. The topological polar surface area (TPSA) is 41.6 Å². The lowest BCUT2D eigenvalue weighted by molar-refractivity contribution is -0.126. The van der Waals surface area contributed by atoms with Crippen LogP contribution in [0.25, 0.3) is 0 Å².